The molecule has 0 aromatic carbocycles. The Labute approximate surface area is 73.8 Å². The Balaban J connectivity index is 2.23. The molecule has 0 N–H and O–H groups in total. The Morgan fingerprint density at radius 2 is 2.25 bits per heavy atom. The Bertz CT molecular complexity index is 241. The molecule has 2 aliphatic rings. The van der Waals surface area contributed by atoms with Crippen molar-refractivity contribution in [3.05, 3.63) is 12.2 Å². The number of hydrogen-bond acceptors (Lipinski definition) is 1. The smallest absolute Gasteiger partial charge is 0.158 e. The van der Waals surface area contributed by atoms with Crippen LogP contribution in [0.5, 0.6) is 0 Å². The van der Waals surface area contributed by atoms with E-state index in [1.165, 1.54) is 19.3 Å². The van der Waals surface area contributed by atoms with E-state index >= 15 is 0 Å². The molecule has 0 aromatic rings. The summed E-state index contributed by atoms with van der Waals surface area (Å²) in [6.45, 7) is 6.24. The molecule has 0 aliphatic heterocycles. The predicted octanol–water partition coefficient (Wildman–Crippen LogP) is 2.71. The molecule has 1 nitrogen and oxygen atoms in total. The Kier molecular flexibility index (Phi) is 1.64. The van der Waals surface area contributed by atoms with E-state index in [2.05, 4.69) is 13.5 Å². The van der Waals surface area contributed by atoms with Gasteiger partial charge in [0.2, 0.25) is 0 Å². The van der Waals surface area contributed by atoms with Crippen LogP contribution in [-0.4, -0.2) is 5.78 Å². The number of rotatable bonds is 0. The van der Waals surface area contributed by atoms with Gasteiger partial charge in [0.05, 0.1) is 0 Å². The Morgan fingerprint density at radius 1 is 1.50 bits per heavy atom. The molecule has 0 unspecified atom stereocenters. The zero-order valence-corrected chi connectivity index (χ0v) is 7.73. The van der Waals surface area contributed by atoms with E-state index in [9.17, 15) is 4.79 Å². The summed E-state index contributed by atoms with van der Waals surface area (Å²) in [6, 6.07) is 0. The molecule has 0 heterocycles. The van der Waals surface area contributed by atoms with Crippen LogP contribution in [-0.2, 0) is 4.79 Å². The van der Waals surface area contributed by atoms with E-state index in [-0.39, 0.29) is 5.41 Å². The maximum absolute atomic E-state index is 11.3. The summed E-state index contributed by atoms with van der Waals surface area (Å²) in [5.41, 5.74) is 1.18. The van der Waals surface area contributed by atoms with E-state index in [1.54, 1.807) is 0 Å². The highest BCUT2D eigenvalue weighted by molar-refractivity contribution is 5.98. The number of carbonyl (C=O) groups is 1. The number of carbonyl (C=O) groups excluding carboxylic acids is 1. The normalized spacial score (nSPS) is 41.6. The van der Waals surface area contributed by atoms with Crippen molar-refractivity contribution in [1.29, 1.82) is 0 Å². The third-order valence-corrected chi connectivity index (χ3v) is 3.66. The third kappa shape index (κ3) is 0.954. The van der Waals surface area contributed by atoms with Crippen LogP contribution in [0.25, 0.3) is 0 Å². The molecule has 1 heteroatoms. The highest BCUT2D eigenvalue weighted by Gasteiger charge is 2.45. The minimum absolute atomic E-state index is 0.247. The van der Waals surface area contributed by atoms with Gasteiger partial charge < -0.3 is 0 Å². The molecule has 2 atom stereocenters. The molecular formula is C11H16O. The van der Waals surface area contributed by atoms with E-state index in [4.69, 9.17) is 0 Å². The molecule has 1 spiro atoms. The van der Waals surface area contributed by atoms with Crippen LogP contribution in [0, 0.1) is 11.3 Å². The summed E-state index contributed by atoms with van der Waals surface area (Å²) >= 11 is 0. The van der Waals surface area contributed by atoms with Crippen LogP contribution in [0.2, 0.25) is 0 Å². The zero-order valence-electron chi connectivity index (χ0n) is 7.73. The number of hydrogen-bond donors (Lipinski definition) is 0. The van der Waals surface area contributed by atoms with Gasteiger partial charge in [-0.05, 0) is 42.6 Å². The molecule has 2 saturated carbocycles. The largest absolute Gasteiger partial charge is 0.295 e. The quantitative estimate of drug-likeness (QED) is 0.503. The lowest BCUT2D eigenvalue weighted by atomic mass is 9.80. The molecular weight excluding hydrogens is 148 g/mol. The minimum Gasteiger partial charge on any atom is -0.295 e. The third-order valence-electron chi connectivity index (χ3n) is 3.66. The summed E-state index contributed by atoms with van der Waals surface area (Å²) in [7, 11) is 0. The summed E-state index contributed by atoms with van der Waals surface area (Å²) in [5, 5.41) is 0. The van der Waals surface area contributed by atoms with Crippen LogP contribution in [0.1, 0.15) is 39.0 Å². The fraction of sp³-hybridized carbons (Fsp3) is 0.727. The van der Waals surface area contributed by atoms with Gasteiger partial charge in [-0.15, -0.1) is 0 Å². The Morgan fingerprint density at radius 3 is 2.67 bits per heavy atom. The number of allylic oxidation sites excluding steroid dienone is 1. The fourth-order valence-corrected chi connectivity index (χ4v) is 2.85. The van der Waals surface area contributed by atoms with Gasteiger partial charge in [-0.2, -0.15) is 0 Å². The lowest BCUT2D eigenvalue weighted by molar-refractivity contribution is -0.114. The predicted molar refractivity (Wildman–Crippen MR) is 48.8 cm³/mol. The fourth-order valence-electron chi connectivity index (χ4n) is 2.85. The van der Waals surface area contributed by atoms with Crippen molar-refractivity contribution in [2.24, 2.45) is 11.3 Å². The summed E-state index contributed by atoms with van der Waals surface area (Å²) < 4.78 is 0. The maximum atomic E-state index is 11.3. The van der Waals surface area contributed by atoms with E-state index < -0.39 is 0 Å². The van der Waals surface area contributed by atoms with Crippen molar-refractivity contribution in [3.63, 3.8) is 0 Å². The summed E-state index contributed by atoms with van der Waals surface area (Å²) in [6.07, 6.45) is 5.53. The molecule has 2 aliphatic carbocycles. The van der Waals surface area contributed by atoms with Crippen LogP contribution < -0.4 is 0 Å². The lowest BCUT2D eigenvalue weighted by Crippen LogP contribution is -2.15. The second-order valence-electron chi connectivity index (χ2n) is 4.53. The Hall–Kier alpha value is -0.590. The highest BCUT2D eigenvalue weighted by atomic mass is 16.1. The number of ketones is 1. The van der Waals surface area contributed by atoms with Gasteiger partial charge in [-0.1, -0.05) is 13.5 Å². The van der Waals surface area contributed by atoms with Gasteiger partial charge in [0, 0.05) is 6.42 Å². The van der Waals surface area contributed by atoms with E-state index in [0.29, 0.717) is 5.78 Å². The average molecular weight is 164 g/mol. The molecule has 0 bridgehead atoms. The van der Waals surface area contributed by atoms with E-state index in [0.717, 1.165) is 24.3 Å². The highest BCUT2D eigenvalue weighted by Crippen LogP contribution is 2.53. The molecule has 0 radical (unpaired) electrons. The van der Waals surface area contributed by atoms with Gasteiger partial charge in [0.1, 0.15) is 0 Å². The molecule has 0 saturated heterocycles. The maximum Gasteiger partial charge on any atom is 0.158 e. The first kappa shape index (κ1) is 8.03. The first-order chi connectivity index (χ1) is 5.64. The molecule has 2 rings (SSSR count). The SMILES string of the molecule is C=C1C(=O)CC[C@]12CC[C@H](C)C2. The van der Waals surface area contributed by atoms with Gasteiger partial charge >= 0.3 is 0 Å². The summed E-state index contributed by atoms with van der Waals surface area (Å²) in [4.78, 5) is 11.3. The second kappa shape index (κ2) is 2.45. The number of Topliss-reactive ketones (excluding diaryl/α,β-unsaturated/α-hetero) is 1. The zero-order chi connectivity index (χ0) is 8.77. The molecule has 12 heavy (non-hydrogen) atoms. The van der Waals surface area contributed by atoms with Crippen LogP contribution in [0.3, 0.4) is 0 Å². The van der Waals surface area contributed by atoms with Crippen molar-refractivity contribution in [2.75, 3.05) is 0 Å². The molecule has 2 fully saturated rings. The van der Waals surface area contributed by atoms with Crippen molar-refractivity contribution in [1.82, 2.24) is 0 Å². The molecule has 66 valence electrons. The topological polar surface area (TPSA) is 17.1 Å². The van der Waals surface area contributed by atoms with Gasteiger partial charge in [-0.25, -0.2) is 0 Å². The second-order valence-corrected chi connectivity index (χ2v) is 4.53. The van der Waals surface area contributed by atoms with Crippen molar-refractivity contribution >= 4 is 5.78 Å². The van der Waals surface area contributed by atoms with Crippen molar-refractivity contribution < 1.29 is 4.79 Å². The first-order valence-electron chi connectivity index (χ1n) is 4.87. The van der Waals surface area contributed by atoms with Crippen LogP contribution >= 0.6 is 0 Å². The molecule has 0 aromatic heterocycles. The monoisotopic (exact) mass is 164 g/mol. The summed E-state index contributed by atoms with van der Waals surface area (Å²) in [5.74, 6) is 1.12. The average Bonchev–Trinajstić information content (AvgIpc) is 2.53. The molecule has 0 amide bonds. The van der Waals surface area contributed by atoms with Crippen molar-refractivity contribution in [3.8, 4) is 0 Å². The lowest BCUT2D eigenvalue weighted by Gasteiger charge is -2.23. The van der Waals surface area contributed by atoms with Crippen LogP contribution in [0.15, 0.2) is 12.2 Å². The van der Waals surface area contributed by atoms with Gasteiger partial charge in [0.15, 0.2) is 5.78 Å². The van der Waals surface area contributed by atoms with Crippen LogP contribution in [0.4, 0.5) is 0 Å². The van der Waals surface area contributed by atoms with Gasteiger partial charge in [-0.3, -0.25) is 4.79 Å². The first-order valence-corrected chi connectivity index (χ1v) is 4.87. The minimum atomic E-state index is 0.247. The standard InChI is InChI=1S/C11H16O/c1-8-3-5-11(7-8)6-4-10(12)9(11)2/h8H,2-7H2,1H3/t8-,11-/m0/s1. The van der Waals surface area contributed by atoms with Gasteiger partial charge in [0.25, 0.3) is 0 Å². The van der Waals surface area contributed by atoms with E-state index in [1.807, 2.05) is 0 Å². The van der Waals surface area contributed by atoms with Crippen molar-refractivity contribution in [2.45, 2.75) is 39.0 Å².